The molecule has 152 valence electrons. The number of aromatic nitrogens is 3. The van der Waals surface area contributed by atoms with Gasteiger partial charge < -0.3 is 16.0 Å². The van der Waals surface area contributed by atoms with Gasteiger partial charge >= 0.3 is 0 Å². The molecule has 0 spiro atoms. The topological polar surface area (TPSA) is 96.2 Å². The quantitative estimate of drug-likeness (QED) is 0.211. The number of amides is 1. The minimum atomic E-state index is 0. The van der Waals surface area contributed by atoms with Crippen LogP contribution in [0.2, 0.25) is 0 Å². The van der Waals surface area contributed by atoms with Gasteiger partial charge in [0.25, 0.3) is 0 Å². The number of hydrogen-bond donors (Lipinski definition) is 3. The van der Waals surface area contributed by atoms with Gasteiger partial charge in [-0.05, 0) is 30.9 Å². The van der Waals surface area contributed by atoms with Crippen LogP contribution < -0.4 is 16.0 Å². The van der Waals surface area contributed by atoms with Crippen LogP contribution in [0.4, 0.5) is 0 Å². The lowest BCUT2D eigenvalue weighted by molar-refractivity contribution is -0.122. The molecule has 3 rings (SSSR count). The summed E-state index contributed by atoms with van der Waals surface area (Å²) in [5.74, 6) is 1.17. The summed E-state index contributed by atoms with van der Waals surface area (Å²) in [6.07, 6.45) is 5.30. The molecule has 0 aliphatic heterocycles. The number of hydrogen-bond acceptors (Lipinski definition) is 4. The van der Waals surface area contributed by atoms with Gasteiger partial charge in [0, 0.05) is 25.6 Å². The van der Waals surface area contributed by atoms with E-state index in [2.05, 4.69) is 49.2 Å². The Hall–Kier alpha value is -2.17. The van der Waals surface area contributed by atoms with E-state index < -0.39 is 0 Å². The smallest absolute Gasteiger partial charge is 0.223 e. The van der Waals surface area contributed by atoms with Gasteiger partial charge in [-0.25, -0.2) is 14.7 Å². The van der Waals surface area contributed by atoms with Crippen molar-refractivity contribution in [1.29, 1.82) is 0 Å². The molecule has 28 heavy (non-hydrogen) atoms. The molecule has 0 bridgehead atoms. The van der Waals surface area contributed by atoms with Gasteiger partial charge in [-0.1, -0.05) is 24.3 Å². The number of halogens is 1. The molecule has 1 aromatic carbocycles. The van der Waals surface area contributed by atoms with Gasteiger partial charge in [0.1, 0.15) is 12.7 Å². The molecular formula is C19H28IN7O. The average molecular weight is 497 g/mol. The number of nitrogens with zero attached hydrogens (tertiary/aromatic N) is 4. The van der Waals surface area contributed by atoms with E-state index in [9.17, 15) is 4.79 Å². The molecule has 1 aromatic heterocycles. The van der Waals surface area contributed by atoms with Crippen LogP contribution in [0, 0.1) is 5.92 Å². The van der Waals surface area contributed by atoms with E-state index in [1.165, 1.54) is 6.33 Å². The van der Waals surface area contributed by atoms with Crippen molar-refractivity contribution in [3.63, 3.8) is 0 Å². The number of nitrogens with one attached hydrogen (secondary N) is 3. The van der Waals surface area contributed by atoms with Crippen LogP contribution in [0.25, 0.3) is 0 Å². The van der Waals surface area contributed by atoms with E-state index >= 15 is 0 Å². The SMILES string of the molecule is CCNC(=NCc1cccc(Cn2cncn2)c1)NCCNC(=O)C1CC1.I. The van der Waals surface area contributed by atoms with Crippen molar-refractivity contribution in [2.75, 3.05) is 19.6 Å². The van der Waals surface area contributed by atoms with Gasteiger partial charge in [-0.15, -0.1) is 24.0 Å². The molecule has 1 aliphatic carbocycles. The van der Waals surface area contributed by atoms with E-state index in [4.69, 9.17) is 0 Å². The van der Waals surface area contributed by atoms with Crippen LogP contribution >= 0.6 is 24.0 Å². The summed E-state index contributed by atoms with van der Waals surface area (Å²) in [5, 5.41) is 13.6. The number of guanidine groups is 1. The molecule has 0 atom stereocenters. The predicted octanol–water partition coefficient (Wildman–Crippen LogP) is 1.53. The van der Waals surface area contributed by atoms with E-state index in [1.807, 2.05) is 13.0 Å². The van der Waals surface area contributed by atoms with Crippen molar-refractivity contribution < 1.29 is 4.79 Å². The maximum absolute atomic E-state index is 11.6. The fourth-order valence-electron chi connectivity index (χ4n) is 2.70. The van der Waals surface area contributed by atoms with Crippen molar-refractivity contribution in [2.24, 2.45) is 10.9 Å². The van der Waals surface area contributed by atoms with Crippen LogP contribution in [0.1, 0.15) is 30.9 Å². The lowest BCUT2D eigenvalue weighted by Gasteiger charge is -2.12. The van der Waals surface area contributed by atoms with Crippen LogP contribution in [-0.4, -0.2) is 46.3 Å². The number of aliphatic imine (C=N–C) groups is 1. The third-order valence-electron chi connectivity index (χ3n) is 4.23. The Labute approximate surface area is 182 Å². The van der Waals surface area contributed by atoms with Crippen LogP contribution in [-0.2, 0) is 17.9 Å². The zero-order chi connectivity index (χ0) is 18.9. The Morgan fingerprint density at radius 2 is 2.00 bits per heavy atom. The Bertz CT molecular complexity index is 759. The zero-order valence-electron chi connectivity index (χ0n) is 16.1. The van der Waals surface area contributed by atoms with Crippen molar-refractivity contribution in [1.82, 2.24) is 30.7 Å². The summed E-state index contributed by atoms with van der Waals surface area (Å²) in [6.45, 7) is 5.34. The standard InChI is InChI=1S/C19H27N7O.HI/c1-2-21-19(23-9-8-22-18(27)17-6-7-17)24-11-15-4-3-5-16(10-15)12-26-14-20-13-25-26;/h3-5,10,13-14,17H,2,6-9,11-12H2,1H3,(H,22,27)(H2,21,23,24);1H. The van der Waals surface area contributed by atoms with E-state index in [1.54, 1.807) is 11.0 Å². The van der Waals surface area contributed by atoms with Crippen molar-refractivity contribution >= 4 is 35.8 Å². The molecule has 1 amide bonds. The first-order valence-electron chi connectivity index (χ1n) is 9.44. The van der Waals surface area contributed by atoms with E-state index in [0.29, 0.717) is 26.2 Å². The monoisotopic (exact) mass is 497 g/mol. The average Bonchev–Trinajstić information content (AvgIpc) is 3.41. The minimum absolute atomic E-state index is 0. The van der Waals surface area contributed by atoms with Crippen LogP contribution in [0.15, 0.2) is 41.9 Å². The molecule has 0 unspecified atom stereocenters. The number of rotatable bonds is 9. The van der Waals surface area contributed by atoms with Crippen LogP contribution in [0.5, 0.6) is 0 Å². The van der Waals surface area contributed by atoms with E-state index in [-0.39, 0.29) is 35.8 Å². The normalized spacial score (nSPS) is 13.5. The lowest BCUT2D eigenvalue weighted by Crippen LogP contribution is -2.41. The maximum Gasteiger partial charge on any atom is 0.223 e. The Balaban J connectivity index is 0.00000280. The molecule has 1 saturated carbocycles. The lowest BCUT2D eigenvalue weighted by atomic mass is 10.1. The van der Waals surface area contributed by atoms with Crippen LogP contribution in [0.3, 0.4) is 0 Å². The molecule has 9 heteroatoms. The summed E-state index contributed by atoms with van der Waals surface area (Å²) in [4.78, 5) is 20.2. The zero-order valence-corrected chi connectivity index (χ0v) is 18.4. The van der Waals surface area contributed by atoms with Gasteiger partial charge in [-0.2, -0.15) is 5.10 Å². The fourth-order valence-corrected chi connectivity index (χ4v) is 2.70. The second kappa shape index (κ2) is 11.6. The van der Waals surface area contributed by atoms with Crippen molar-refractivity contribution in [2.45, 2.75) is 32.9 Å². The largest absolute Gasteiger partial charge is 0.357 e. The predicted molar refractivity (Wildman–Crippen MR) is 120 cm³/mol. The molecule has 2 aromatic rings. The summed E-state index contributed by atoms with van der Waals surface area (Å²) >= 11 is 0. The number of benzene rings is 1. The Kier molecular flexibility index (Phi) is 9.18. The highest BCUT2D eigenvalue weighted by Gasteiger charge is 2.28. The first kappa shape index (κ1) is 22.1. The second-order valence-corrected chi connectivity index (χ2v) is 6.60. The number of carbonyl (C=O) groups excluding carboxylic acids is 1. The molecule has 1 heterocycles. The van der Waals surface area contributed by atoms with Gasteiger partial charge in [0.05, 0.1) is 13.1 Å². The van der Waals surface area contributed by atoms with Gasteiger partial charge in [0.2, 0.25) is 5.91 Å². The highest BCUT2D eigenvalue weighted by atomic mass is 127. The minimum Gasteiger partial charge on any atom is -0.357 e. The molecule has 0 saturated heterocycles. The van der Waals surface area contributed by atoms with Gasteiger partial charge in [-0.3, -0.25) is 4.79 Å². The van der Waals surface area contributed by atoms with E-state index in [0.717, 1.165) is 36.5 Å². The summed E-state index contributed by atoms with van der Waals surface area (Å²) in [6, 6.07) is 8.30. The first-order chi connectivity index (χ1) is 13.2. The molecule has 1 aliphatic rings. The number of carbonyl (C=O) groups is 1. The molecular weight excluding hydrogens is 469 g/mol. The summed E-state index contributed by atoms with van der Waals surface area (Å²) in [5.41, 5.74) is 2.29. The Morgan fingerprint density at radius 3 is 2.71 bits per heavy atom. The molecule has 8 nitrogen and oxygen atoms in total. The fraction of sp³-hybridized carbons (Fsp3) is 0.474. The molecule has 0 radical (unpaired) electrons. The van der Waals surface area contributed by atoms with Crippen molar-refractivity contribution in [3.8, 4) is 0 Å². The Morgan fingerprint density at radius 1 is 1.21 bits per heavy atom. The first-order valence-corrected chi connectivity index (χ1v) is 9.44. The molecule has 3 N–H and O–H groups in total. The van der Waals surface area contributed by atoms with Gasteiger partial charge in [0.15, 0.2) is 5.96 Å². The maximum atomic E-state index is 11.6. The third kappa shape index (κ3) is 7.45. The highest BCUT2D eigenvalue weighted by Crippen LogP contribution is 2.28. The third-order valence-corrected chi connectivity index (χ3v) is 4.23. The second-order valence-electron chi connectivity index (χ2n) is 6.60. The molecule has 1 fully saturated rings. The summed E-state index contributed by atoms with van der Waals surface area (Å²) in [7, 11) is 0. The summed E-state index contributed by atoms with van der Waals surface area (Å²) < 4.78 is 1.80. The van der Waals surface area contributed by atoms with Crippen molar-refractivity contribution in [3.05, 3.63) is 48.0 Å². The highest BCUT2D eigenvalue weighted by molar-refractivity contribution is 14.0.